The molecule has 2 aliphatic rings. The largest absolute Gasteiger partial charge is 0.497 e. The molecule has 322 valence electrons. The van der Waals surface area contributed by atoms with Crippen LogP contribution in [0.1, 0.15) is 74.7 Å². The standard InChI is InChI=1S/C41H65N3O12S/c1-11-33-41(8,49)36(46)28(6)42-23-24(2)22-40(7,48)37(26(4)34(45)27(5)38(47)55-33)56-39-35(54-31-19-17-30(52-10)18-20-31)32(21-25(3)53-39)44(9)57(50,51)43-29-15-13-12-14-16-29/h12-20,24-28,32-37,39,42-43,45-46,48-49H,11,21-23H2,1-10H3/t24-,25+,26+,27-,28-,32-,33-,34+,35+,36-,37-,39-,40-,41-/m1/s1. The fourth-order valence-corrected chi connectivity index (χ4v) is 9.18. The summed E-state index contributed by atoms with van der Waals surface area (Å²) in [6, 6.07) is 13.8. The van der Waals surface area contributed by atoms with Gasteiger partial charge in [-0.3, -0.25) is 9.52 Å². The number of hydrogen-bond acceptors (Lipinski definition) is 13. The van der Waals surface area contributed by atoms with E-state index in [0.717, 1.165) is 0 Å². The van der Waals surface area contributed by atoms with Crippen LogP contribution in [-0.4, -0.2) is 126 Å². The van der Waals surface area contributed by atoms with Crippen LogP contribution in [0.15, 0.2) is 54.6 Å². The van der Waals surface area contributed by atoms with Crippen molar-refractivity contribution in [3.8, 4) is 11.5 Å². The van der Waals surface area contributed by atoms with Crippen LogP contribution in [0.4, 0.5) is 5.69 Å². The number of nitrogens with one attached hydrogen (secondary N) is 2. The highest BCUT2D eigenvalue weighted by molar-refractivity contribution is 7.90. The van der Waals surface area contributed by atoms with E-state index in [2.05, 4.69) is 10.0 Å². The van der Waals surface area contributed by atoms with Gasteiger partial charge in [-0.2, -0.15) is 12.7 Å². The zero-order valence-corrected chi connectivity index (χ0v) is 35.7. The van der Waals surface area contributed by atoms with Gasteiger partial charge in [0.15, 0.2) is 12.4 Å². The Balaban J connectivity index is 1.77. The minimum atomic E-state index is -4.16. The van der Waals surface area contributed by atoms with Crippen LogP contribution in [0.5, 0.6) is 11.5 Å². The van der Waals surface area contributed by atoms with Gasteiger partial charge in [0, 0.05) is 24.7 Å². The lowest BCUT2D eigenvalue weighted by atomic mass is 9.78. The summed E-state index contributed by atoms with van der Waals surface area (Å²) in [5, 5.41) is 50.1. The Morgan fingerprint density at radius 2 is 1.60 bits per heavy atom. The van der Waals surface area contributed by atoms with Gasteiger partial charge in [-0.05, 0) is 103 Å². The quantitative estimate of drug-likeness (QED) is 0.190. The molecule has 0 amide bonds. The van der Waals surface area contributed by atoms with Gasteiger partial charge in [-0.15, -0.1) is 0 Å². The molecule has 6 N–H and O–H groups in total. The molecule has 4 rings (SSSR count). The predicted molar refractivity (Wildman–Crippen MR) is 215 cm³/mol. The number of nitrogens with zero attached hydrogens (tertiary/aromatic N) is 1. The zero-order chi connectivity index (χ0) is 42.5. The number of ether oxygens (including phenoxy) is 5. The summed E-state index contributed by atoms with van der Waals surface area (Å²) >= 11 is 0. The number of carbonyl (C=O) groups excluding carboxylic acids is 1. The average molecular weight is 824 g/mol. The zero-order valence-electron chi connectivity index (χ0n) is 34.9. The Bertz CT molecular complexity index is 1680. The molecular formula is C41H65N3O12S. The lowest BCUT2D eigenvalue weighted by Gasteiger charge is -2.47. The summed E-state index contributed by atoms with van der Waals surface area (Å²) in [7, 11) is -1.18. The predicted octanol–water partition coefficient (Wildman–Crippen LogP) is 3.46. The molecule has 2 aromatic carbocycles. The number of likely N-dealkylation sites (N-methyl/N-ethyl adjacent to an activating group) is 1. The number of benzene rings is 2. The molecule has 14 atom stereocenters. The monoisotopic (exact) mass is 823 g/mol. The van der Waals surface area contributed by atoms with Gasteiger partial charge in [-0.25, -0.2) is 0 Å². The molecule has 2 aromatic rings. The van der Waals surface area contributed by atoms with E-state index < -0.39 is 94.2 Å². The average Bonchev–Trinajstić information content (AvgIpc) is 3.16. The number of anilines is 1. The van der Waals surface area contributed by atoms with Crippen molar-refractivity contribution in [3.63, 3.8) is 0 Å². The first-order valence-corrected chi connectivity index (χ1v) is 21.2. The number of methoxy groups -OCH3 is 1. The maximum absolute atomic E-state index is 13.9. The SMILES string of the molecule is CC[C@H]1OC(=O)[C@H](C)[C@@H](O)[C@H](C)[C@@H](O[C@H]2O[C@@H](C)C[C@@H](N(C)S(=O)(=O)Nc3ccccc3)[C@@H]2Oc2ccc(OC)cc2)[C@](C)(O)C[C@@H](C)CN[C@H](C)[C@@H](O)[C@]1(C)O. The van der Waals surface area contributed by atoms with Crippen LogP contribution in [0.2, 0.25) is 0 Å². The van der Waals surface area contributed by atoms with Gasteiger partial charge in [0.2, 0.25) is 0 Å². The summed E-state index contributed by atoms with van der Waals surface area (Å²) in [4.78, 5) is 13.6. The number of esters is 1. The number of aliphatic hydroxyl groups is 4. The van der Waals surface area contributed by atoms with Crippen molar-refractivity contribution in [1.29, 1.82) is 0 Å². The number of para-hydroxylation sites is 1. The molecule has 0 spiro atoms. The van der Waals surface area contributed by atoms with Crippen LogP contribution in [-0.2, 0) is 29.2 Å². The Hall–Kier alpha value is -3.06. The highest BCUT2D eigenvalue weighted by Gasteiger charge is 2.51. The van der Waals surface area contributed by atoms with Crippen LogP contribution in [0.3, 0.4) is 0 Å². The summed E-state index contributed by atoms with van der Waals surface area (Å²) in [6.07, 6.45) is -7.50. The third-order valence-electron chi connectivity index (χ3n) is 11.5. The van der Waals surface area contributed by atoms with E-state index in [1.54, 1.807) is 89.2 Å². The van der Waals surface area contributed by atoms with Crippen molar-refractivity contribution in [1.82, 2.24) is 9.62 Å². The number of cyclic esters (lactones) is 1. The Morgan fingerprint density at radius 3 is 2.19 bits per heavy atom. The molecule has 15 nitrogen and oxygen atoms in total. The number of hydrogen-bond donors (Lipinski definition) is 6. The van der Waals surface area contributed by atoms with Crippen molar-refractivity contribution in [2.24, 2.45) is 17.8 Å². The molecule has 0 aromatic heterocycles. The second-order valence-electron chi connectivity index (χ2n) is 16.4. The second kappa shape index (κ2) is 19.3. The van der Waals surface area contributed by atoms with E-state index >= 15 is 0 Å². The van der Waals surface area contributed by atoms with E-state index in [1.807, 2.05) is 6.92 Å². The summed E-state index contributed by atoms with van der Waals surface area (Å²) in [5.41, 5.74) is -3.13. The van der Waals surface area contributed by atoms with Crippen molar-refractivity contribution >= 4 is 21.9 Å². The van der Waals surface area contributed by atoms with Crippen molar-refractivity contribution in [3.05, 3.63) is 54.6 Å². The minimum Gasteiger partial charge on any atom is -0.497 e. The molecule has 2 heterocycles. The lowest BCUT2D eigenvalue weighted by molar-refractivity contribution is -0.293. The van der Waals surface area contributed by atoms with Gasteiger partial charge < -0.3 is 49.4 Å². The summed E-state index contributed by atoms with van der Waals surface area (Å²) in [5.74, 6) is -2.20. The van der Waals surface area contributed by atoms with Crippen LogP contribution in [0, 0.1) is 17.8 Å². The number of rotatable bonds is 10. The summed E-state index contributed by atoms with van der Waals surface area (Å²) in [6.45, 7) is 13.6. The first kappa shape index (κ1) is 46.6. The normalized spacial score (nSPS) is 37.7. The molecular weight excluding hydrogens is 759 g/mol. The van der Waals surface area contributed by atoms with E-state index in [0.29, 0.717) is 23.7 Å². The molecule has 0 radical (unpaired) electrons. The fourth-order valence-electron chi connectivity index (χ4n) is 8.04. The van der Waals surface area contributed by atoms with E-state index in [1.165, 1.54) is 32.3 Å². The minimum absolute atomic E-state index is 0.127. The van der Waals surface area contributed by atoms with Crippen LogP contribution < -0.4 is 19.5 Å². The molecule has 16 heteroatoms. The first-order valence-electron chi connectivity index (χ1n) is 19.8. The Labute approximate surface area is 338 Å². The maximum Gasteiger partial charge on any atom is 0.311 e. The first-order chi connectivity index (χ1) is 26.6. The van der Waals surface area contributed by atoms with Crippen LogP contribution >= 0.6 is 0 Å². The third kappa shape index (κ3) is 11.4. The van der Waals surface area contributed by atoms with E-state index in [-0.39, 0.29) is 25.2 Å². The van der Waals surface area contributed by atoms with Crippen molar-refractivity contribution in [2.75, 3.05) is 25.4 Å². The molecule has 0 saturated carbocycles. The smallest absolute Gasteiger partial charge is 0.311 e. The molecule has 2 aliphatic heterocycles. The summed E-state index contributed by atoms with van der Waals surface area (Å²) < 4.78 is 62.5. The number of aliphatic hydroxyl groups excluding tert-OH is 2. The van der Waals surface area contributed by atoms with Gasteiger partial charge in [0.25, 0.3) is 0 Å². The topological polar surface area (TPSA) is 206 Å². The second-order valence-corrected chi connectivity index (χ2v) is 18.2. The van der Waals surface area contributed by atoms with E-state index in [4.69, 9.17) is 23.7 Å². The lowest BCUT2D eigenvalue weighted by Crippen LogP contribution is -2.62. The molecule has 57 heavy (non-hydrogen) atoms. The molecule has 0 aliphatic carbocycles. The molecule has 2 fully saturated rings. The Kier molecular flexibility index (Phi) is 15.8. The van der Waals surface area contributed by atoms with Gasteiger partial charge >= 0.3 is 16.2 Å². The van der Waals surface area contributed by atoms with Gasteiger partial charge in [0.05, 0.1) is 43.0 Å². The fraction of sp³-hybridized carbons (Fsp3) is 0.683. The van der Waals surface area contributed by atoms with Crippen molar-refractivity contribution in [2.45, 2.75) is 141 Å². The maximum atomic E-state index is 13.9. The molecule has 2 saturated heterocycles. The van der Waals surface area contributed by atoms with Crippen molar-refractivity contribution < 1.29 is 57.3 Å². The van der Waals surface area contributed by atoms with E-state index in [9.17, 15) is 33.6 Å². The number of carbonyl (C=O) groups is 1. The third-order valence-corrected chi connectivity index (χ3v) is 13.0. The Morgan fingerprint density at radius 1 is 0.982 bits per heavy atom. The van der Waals surface area contributed by atoms with Gasteiger partial charge in [0.1, 0.15) is 29.3 Å². The molecule has 0 unspecified atom stereocenters. The highest BCUT2D eigenvalue weighted by Crippen LogP contribution is 2.38. The highest BCUT2D eigenvalue weighted by atomic mass is 32.2. The van der Waals surface area contributed by atoms with Crippen LogP contribution in [0.25, 0.3) is 0 Å². The molecule has 0 bridgehead atoms. The van der Waals surface area contributed by atoms with Gasteiger partial charge in [-0.1, -0.05) is 39.0 Å².